The molecule has 0 spiro atoms. The van der Waals surface area contributed by atoms with Gasteiger partial charge in [0.2, 0.25) is 0 Å². The van der Waals surface area contributed by atoms with Crippen molar-refractivity contribution in [2.24, 2.45) is 0 Å². The smallest absolute Gasteiger partial charge is 0.301 e. The highest BCUT2D eigenvalue weighted by Gasteiger charge is 2.44. The number of nitrogens with zero attached hydrogens (tertiary/aromatic N) is 4. The molecule has 1 aliphatic rings. The lowest BCUT2D eigenvalue weighted by Crippen LogP contribution is -2.45. The maximum Gasteiger partial charge on any atom is 0.301 e. The number of benzene rings is 1. The van der Waals surface area contributed by atoms with E-state index in [2.05, 4.69) is 19.7 Å². The number of rotatable bonds is 6. The minimum Gasteiger partial charge on any atom is -0.507 e. The molecule has 0 aliphatic carbocycles. The number of aromatic nitrogens is 4. The van der Waals surface area contributed by atoms with Gasteiger partial charge in [-0.1, -0.05) is 12.1 Å². The van der Waals surface area contributed by atoms with Gasteiger partial charge in [0.15, 0.2) is 17.7 Å². The first-order chi connectivity index (χ1) is 15.2. The topological polar surface area (TPSA) is 215 Å². The average molecular weight is 465 g/mol. The van der Waals surface area contributed by atoms with Crippen LogP contribution in [-0.4, -0.2) is 74.0 Å². The maximum atomic E-state index is 12.2. The molecule has 1 aromatic carbocycles. The number of nitrogens with two attached hydrogens (primary N) is 1. The fraction of sp³-hybridized carbons (Fsp3) is 0.294. The van der Waals surface area contributed by atoms with E-state index in [1.165, 1.54) is 41.5 Å². The van der Waals surface area contributed by atoms with Crippen LogP contribution in [0.3, 0.4) is 0 Å². The molecule has 3 heterocycles. The summed E-state index contributed by atoms with van der Waals surface area (Å²) in [6.45, 7) is -0.475. The van der Waals surface area contributed by atoms with Crippen LogP contribution in [0.2, 0.25) is 0 Å². The van der Waals surface area contributed by atoms with E-state index in [1.54, 1.807) is 4.72 Å². The highest BCUT2D eigenvalue weighted by molar-refractivity contribution is 7.88. The number of para-hydroxylation sites is 1. The standard InChI is InChI=1S/C17H19N7O7S/c18-14-11-15(20-6-19-14)21-7-24(11)17-13(27)12(26)10(31-17)5-22-32(29,30)23-16(28)8-3-1-2-4-9(8)25/h1-4,6-7,10,12-13,17,22,25-27H,5H2,(H,23,28)(H2,18,19,20)/t10-,12-,13-,17-/m1/s1. The highest BCUT2D eigenvalue weighted by Crippen LogP contribution is 2.32. The summed E-state index contributed by atoms with van der Waals surface area (Å²) in [6.07, 6.45) is -2.72. The van der Waals surface area contributed by atoms with Crippen LogP contribution in [0.1, 0.15) is 16.6 Å². The molecule has 0 saturated carbocycles. The second kappa shape index (κ2) is 8.29. The monoisotopic (exact) mass is 465 g/mol. The van der Waals surface area contributed by atoms with Crippen molar-refractivity contribution in [2.45, 2.75) is 24.5 Å². The molecular weight excluding hydrogens is 446 g/mol. The van der Waals surface area contributed by atoms with Gasteiger partial charge in [-0.25, -0.2) is 19.7 Å². The second-order valence-corrected chi connectivity index (χ2v) is 8.43. The number of phenols is 1. The molecule has 0 bridgehead atoms. The number of nitrogens with one attached hydrogen (secondary N) is 2. The molecule has 170 valence electrons. The lowest BCUT2D eigenvalue weighted by atomic mass is 10.1. The van der Waals surface area contributed by atoms with Gasteiger partial charge in [0, 0.05) is 6.54 Å². The molecule has 15 heteroatoms. The Morgan fingerprint density at radius 3 is 2.69 bits per heavy atom. The van der Waals surface area contributed by atoms with Crippen LogP contribution in [0.15, 0.2) is 36.9 Å². The van der Waals surface area contributed by atoms with E-state index in [4.69, 9.17) is 10.5 Å². The number of anilines is 1. The highest BCUT2D eigenvalue weighted by atomic mass is 32.2. The Bertz CT molecular complexity index is 1270. The molecule has 0 unspecified atom stereocenters. The third kappa shape index (κ3) is 4.06. The average Bonchev–Trinajstić information content (AvgIpc) is 3.29. The van der Waals surface area contributed by atoms with Crippen LogP contribution in [-0.2, 0) is 14.9 Å². The van der Waals surface area contributed by atoms with Crippen LogP contribution in [0, 0.1) is 0 Å². The van der Waals surface area contributed by atoms with Crippen LogP contribution in [0.4, 0.5) is 5.82 Å². The molecule has 3 aromatic rings. The first kappa shape index (κ1) is 21.8. The zero-order chi connectivity index (χ0) is 23.0. The number of phenolic OH excluding ortho intramolecular Hbond substituents is 1. The van der Waals surface area contributed by atoms with Crippen molar-refractivity contribution >= 4 is 33.1 Å². The Kier molecular flexibility index (Phi) is 5.66. The number of fused-ring (bicyclic) bond motifs is 1. The number of aliphatic hydroxyl groups excluding tert-OH is 2. The Morgan fingerprint density at radius 1 is 1.19 bits per heavy atom. The summed E-state index contributed by atoms with van der Waals surface area (Å²) in [4.78, 5) is 24.0. The lowest BCUT2D eigenvalue weighted by Gasteiger charge is -2.17. The summed E-state index contributed by atoms with van der Waals surface area (Å²) < 4.78 is 35.2. The molecule has 4 rings (SSSR count). The number of amides is 1. The third-order valence-electron chi connectivity index (χ3n) is 4.86. The van der Waals surface area contributed by atoms with Crippen molar-refractivity contribution in [3.63, 3.8) is 0 Å². The Labute approximate surface area is 180 Å². The van der Waals surface area contributed by atoms with Gasteiger partial charge in [-0.05, 0) is 12.1 Å². The Balaban J connectivity index is 1.45. The van der Waals surface area contributed by atoms with Crippen LogP contribution in [0.25, 0.3) is 11.2 Å². The van der Waals surface area contributed by atoms with E-state index < -0.39 is 53.0 Å². The number of imidazole rings is 1. The number of aliphatic hydroxyl groups is 2. The normalized spacial score (nSPS) is 23.4. The van der Waals surface area contributed by atoms with E-state index in [0.717, 1.165) is 0 Å². The number of aromatic hydroxyl groups is 1. The summed E-state index contributed by atoms with van der Waals surface area (Å²) in [5.74, 6) is -1.37. The largest absolute Gasteiger partial charge is 0.507 e. The number of carbonyl (C=O) groups is 1. The van der Waals surface area contributed by atoms with Gasteiger partial charge < -0.3 is 25.8 Å². The van der Waals surface area contributed by atoms with Gasteiger partial charge in [0.05, 0.1) is 5.56 Å². The number of ether oxygens (including phenoxy) is 1. The molecule has 1 fully saturated rings. The van der Waals surface area contributed by atoms with E-state index >= 15 is 0 Å². The first-order valence-electron chi connectivity index (χ1n) is 9.22. The van der Waals surface area contributed by atoms with Crippen molar-refractivity contribution in [2.75, 3.05) is 12.3 Å². The van der Waals surface area contributed by atoms with Gasteiger partial charge in [0.25, 0.3) is 5.91 Å². The van der Waals surface area contributed by atoms with Gasteiger partial charge in [-0.2, -0.15) is 13.1 Å². The van der Waals surface area contributed by atoms with Crippen molar-refractivity contribution in [3.8, 4) is 5.75 Å². The number of hydrogen-bond donors (Lipinski definition) is 6. The van der Waals surface area contributed by atoms with E-state index in [1.807, 2.05) is 0 Å². The molecule has 14 nitrogen and oxygen atoms in total. The quantitative estimate of drug-likeness (QED) is 0.234. The minimum atomic E-state index is -4.38. The van der Waals surface area contributed by atoms with Crippen molar-refractivity contribution in [3.05, 3.63) is 42.5 Å². The van der Waals surface area contributed by atoms with E-state index in [-0.39, 0.29) is 22.5 Å². The van der Waals surface area contributed by atoms with Gasteiger partial charge >= 0.3 is 10.2 Å². The predicted octanol–water partition coefficient (Wildman–Crippen LogP) is -2.00. The zero-order valence-corrected chi connectivity index (χ0v) is 17.0. The van der Waals surface area contributed by atoms with Crippen LogP contribution >= 0.6 is 0 Å². The second-order valence-electron chi connectivity index (χ2n) is 6.93. The van der Waals surface area contributed by atoms with Crippen LogP contribution in [0.5, 0.6) is 5.75 Å². The molecule has 7 N–H and O–H groups in total. The molecular formula is C17H19N7O7S. The zero-order valence-electron chi connectivity index (χ0n) is 16.2. The summed E-state index contributed by atoms with van der Waals surface area (Å²) in [6, 6.07) is 5.41. The molecule has 1 saturated heterocycles. The van der Waals surface area contributed by atoms with Crippen molar-refractivity contribution in [1.29, 1.82) is 0 Å². The third-order valence-corrected chi connectivity index (χ3v) is 5.86. The molecule has 32 heavy (non-hydrogen) atoms. The van der Waals surface area contributed by atoms with Gasteiger partial charge in [-0.15, -0.1) is 0 Å². The molecule has 4 atom stereocenters. The lowest BCUT2D eigenvalue weighted by molar-refractivity contribution is -0.0326. The fourth-order valence-electron chi connectivity index (χ4n) is 3.29. The van der Waals surface area contributed by atoms with Gasteiger partial charge in [0.1, 0.15) is 42.2 Å². The fourth-order valence-corrected chi connectivity index (χ4v) is 4.10. The molecule has 1 aliphatic heterocycles. The van der Waals surface area contributed by atoms with Crippen LogP contribution < -0.4 is 15.2 Å². The summed E-state index contributed by atoms with van der Waals surface area (Å²) in [5.41, 5.74) is 6.13. The first-order valence-corrected chi connectivity index (χ1v) is 10.7. The Morgan fingerprint density at radius 2 is 1.94 bits per heavy atom. The van der Waals surface area contributed by atoms with E-state index in [0.29, 0.717) is 0 Å². The SMILES string of the molecule is Nc1ncnc2ncn([C@@H]3O[C@H](CNS(=O)(=O)NC(=O)c4ccccc4O)[C@@H](O)[C@H]3O)c12. The van der Waals surface area contributed by atoms with Gasteiger partial charge in [-0.3, -0.25) is 9.36 Å². The molecule has 0 radical (unpaired) electrons. The van der Waals surface area contributed by atoms with Crippen molar-refractivity contribution < 1.29 is 33.3 Å². The Hall–Kier alpha value is -3.37. The summed E-state index contributed by atoms with van der Waals surface area (Å²) in [5, 5.41) is 30.4. The number of hydrogen-bond acceptors (Lipinski definition) is 11. The predicted molar refractivity (Wildman–Crippen MR) is 108 cm³/mol. The molecule has 2 aromatic heterocycles. The summed E-state index contributed by atoms with van der Waals surface area (Å²) >= 11 is 0. The van der Waals surface area contributed by atoms with Crippen molar-refractivity contribution in [1.82, 2.24) is 29.0 Å². The number of nitrogen functional groups attached to an aromatic ring is 1. The summed E-state index contributed by atoms with van der Waals surface area (Å²) in [7, 11) is -4.38. The van der Waals surface area contributed by atoms with E-state index in [9.17, 15) is 28.5 Å². The number of carbonyl (C=O) groups excluding carboxylic acids is 1. The molecule has 1 amide bonds. The maximum absolute atomic E-state index is 12.2. The minimum absolute atomic E-state index is 0.0776.